The molecule has 0 aliphatic rings. The molecule has 0 saturated carbocycles. The number of anilines is 1. The van der Waals surface area contributed by atoms with Crippen molar-refractivity contribution in [2.75, 3.05) is 11.4 Å². The van der Waals surface area contributed by atoms with Gasteiger partial charge in [-0.15, -0.1) is 0 Å². The largest absolute Gasteiger partial charge is 0.360 e. The molecule has 0 aliphatic carbocycles. The molecule has 1 heterocycles. The second kappa shape index (κ2) is 8.31. The van der Waals surface area contributed by atoms with Gasteiger partial charge >= 0.3 is 0 Å². The van der Waals surface area contributed by atoms with Crippen LogP contribution in [-0.2, 0) is 10.0 Å². The Bertz CT molecular complexity index is 1260. The minimum absolute atomic E-state index is 0.0225. The number of carbonyl (C=O) groups is 1. The molecule has 0 fully saturated rings. The van der Waals surface area contributed by atoms with E-state index in [2.05, 4.69) is 10.3 Å². The highest BCUT2D eigenvalue weighted by Crippen LogP contribution is 2.26. The van der Waals surface area contributed by atoms with E-state index in [-0.39, 0.29) is 21.9 Å². The average molecular weight is 428 g/mol. The maximum absolute atomic E-state index is 13.2. The first-order valence-electron chi connectivity index (χ1n) is 9.67. The number of aryl methyl sites for hydroxylation is 1. The van der Waals surface area contributed by atoms with Gasteiger partial charge in [-0.3, -0.25) is 13.9 Å². The summed E-state index contributed by atoms with van der Waals surface area (Å²) < 4.78 is 27.5. The van der Waals surface area contributed by atoms with Crippen molar-refractivity contribution in [2.24, 2.45) is 0 Å². The van der Waals surface area contributed by atoms with E-state index in [1.807, 2.05) is 32.9 Å². The quantitative estimate of drug-likeness (QED) is 0.631. The molecule has 158 valence electrons. The lowest BCUT2D eigenvalue weighted by atomic mass is 10.1. The van der Waals surface area contributed by atoms with Crippen molar-refractivity contribution < 1.29 is 13.2 Å². The molecule has 0 saturated heterocycles. The summed E-state index contributed by atoms with van der Waals surface area (Å²) in [7, 11) is -2.42. The Morgan fingerprint density at radius 2 is 1.90 bits per heavy atom. The van der Waals surface area contributed by atoms with Crippen LogP contribution in [0, 0.1) is 6.92 Å². The first-order chi connectivity index (χ1) is 14.2. The zero-order chi connectivity index (χ0) is 22.1. The van der Waals surface area contributed by atoms with Crippen LogP contribution in [-0.4, -0.2) is 32.4 Å². The molecular weight excluding hydrogens is 402 g/mol. The number of aromatic amines is 1. The molecule has 0 spiro atoms. The average Bonchev–Trinajstić information content (AvgIpc) is 2.73. The molecule has 0 aliphatic heterocycles. The van der Waals surface area contributed by atoms with Crippen molar-refractivity contribution in [3.8, 4) is 0 Å². The number of aromatic nitrogens is 1. The van der Waals surface area contributed by atoms with Crippen molar-refractivity contribution in [3.63, 3.8) is 0 Å². The van der Waals surface area contributed by atoms with Crippen LogP contribution in [0.2, 0.25) is 0 Å². The first kappa shape index (κ1) is 21.6. The summed E-state index contributed by atoms with van der Waals surface area (Å²) >= 11 is 0. The fourth-order valence-electron chi connectivity index (χ4n) is 3.13. The van der Waals surface area contributed by atoms with Crippen LogP contribution in [0.25, 0.3) is 10.9 Å². The highest BCUT2D eigenvalue weighted by atomic mass is 32.2. The van der Waals surface area contributed by atoms with E-state index in [9.17, 15) is 18.0 Å². The predicted octanol–water partition coefficient (Wildman–Crippen LogP) is 3.19. The Morgan fingerprint density at radius 3 is 2.57 bits per heavy atom. The molecule has 3 aromatic rings. The van der Waals surface area contributed by atoms with E-state index in [1.165, 1.54) is 35.7 Å². The zero-order valence-corrected chi connectivity index (χ0v) is 18.2. The molecule has 1 amide bonds. The van der Waals surface area contributed by atoms with Crippen LogP contribution in [0.5, 0.6) is 0 Å². The van der Waals surface area contributed by atoms with E-state index < -0.39 is 21.4 Å². The van der Waals surface area contributed by atoms with Gasteiger partial charge in [0.15, 0.2) is 0 Å². The smallest absolute Gasteiger partial charge is 0.264 e. The molecule has 30 heavy (non-hydrogen) atoms. The second-order valence-electron chi connectivity index (χ2n) is 7.28. The molecule has 8 heteroatoms. The number of H-pyrrole nitrogens is 1. The fraction of sp³-hybridized carbons (Fsp3) is 0.273. The van der Waals surface area contributed by atoms with Gasteiger partial charge in [-0.25, -0.2) is 8.42 Å². The number of carbonyl (C=O) groups excluding carboxylic acids is 1. The zero-order valence-electron chi connectivity index (χ0n) is 17.4. The Kier molecular flexibility index (Phi) is 5.98. The first-order valence-corrected chi connectivity index (χ1v) is 11.1. The third kappa shape index (κ3) is 3.95. The summed E-state index contributed by atoms with van der Waals surface area (Å²) in [6.07, 6.45) is 2.08. The molecule has 1 unspecified atom stereocenters. The molecular formula is C22H25N3O4S. The van der Waals surface area contributed by atoms with Gasteiger partial charge in [-0.1, -0.05) is 25.1 Å². The topological polar surface area (TPSA) is 99.3 Å². The normalized spacial score (nSPS) is 12.5. The maximum atomic E-state index is 13.2. The Labute approximate surface area is 175 Å². The van der Waals surface area contributed by atoms with Crippen molar-refractivity contribution >= 4 is 32.5 Å². The summed E-state index contributed by atoms with van der Waals surface area (Å²) in [5.41, 5.74) is 1.25. The van der Waals surface area contributed by atoms with Gasteiger partial charge in [0.25, 0.3) is 15.9 Å². The van der Waals surface area contributed by atoms with E-state index >= 15 is 0 Å². The number of rotatable bonds is 6. The van der Waals surface area contributed by atoms with Crippen molar-refractivity contribution in [3.05, 3.63) is 70.0 Å². The Hall–Kier alpha value is -3.13. The number of nitrogens with zero attached hydrogens (tertiary/aromatic N) is 1. The Balaban J connectivity index is 2.08. The van der Waals surface area contributed by atoms with Gasteiger partial charge in [0.1, 0.15) is 5.56 Å². The van der Waals surface area contributed by atoms with Crippen LogP contribution in [0.1, 0.15) is 36.2 Å². The number of fused-ring (bicyclic) bond motifs is 1. The summed E-state index contributed by atoms with van der Waals surface area (Å²) in [6, 6.07) is 11.4. The van der Waals surface area contributed by atoms with Crippen molar-refractivity contribution in [2.45, 2.75) is 38.1 Å². The molecule has 7 nitrogen and oxygen atoms in total. The van der Waals surface area contributed by atoms with Gasteiger partial charge in [-0.05, 0) is 50.1 Å². The lowest BCUT2D eigenvalue weighted by Crippen LogP contribution is -2.35. The number of hydrogen-bond acceptors (Lipinski definition) is 4. The standard InChI is InChI=1S/C22H25N3O4S/c1-5-15(3)24-22(27)18-13-23-19-11-10-16(12-17(19)21(18)26)30(28,29)25(4)20-9-7-6-8-14(20)2/h6-13,15H,5H2,1-4H3,(H,23,26)(H,24,27). The maximum Gasteiger partial charge on any atom is 0.264 e. The summed E-state index contributed by atoms with van der Waals surface area (Å²) in [5, 5.41) is 2.90. The second-order valence-corrected chi connectivity index (χ2v) is 9.25. The number of amides is 1. The number of hydrogen-bond donors (Lipinski definition) is 2. The van der Waals surface area contributed by atoms with Gasteiger partial charge in [-0.2, -0.15) is 0 Å². The minimum atomic E-state index is -3.90. The fourth-order valence-corrected chi connectivity index (χ4v) is 4.42. The van der Waals surface area contributed by atoms with E-state index in [4.69, 9.17) is 0 Å². The van der Waals surface area contributed by atoms with Crippen LogP contribution in [0.4, 0.5) is 5.69 Å². The number of sulfonamides is 1. The summed E-state index contributed by atoms with van der Waals surface area (Å²) in [6.45, 7) is 5.60. The molecule has 3 rings (SSSR count). The number of benzene rings is 2. The third-order valence-corrected chi connectivity index (χ3v) is 6.97. The highest BCUT2D eigenvalue weighted by molar-refractivity contribution is 7.92. The number of nitrogens with one attached hydrogen (secondary N) is 2. The van der Waals surface area contributed by atoms with Crippen molar-refractivity contribution in [1.82, 2.24) is 10.3 Å². The minimum Gasteiger partial charge on any atom is -0.360 e. The lowest BCUT2D eigenvalue weighted by molar-refractivity contribution is 0.0938. The monoisotopic (exact) mass is 427 g/mol. The molecule has 0 bridgehead atoms. The molecule has 0 radical (unpaired) electrons. The van der Waals surface area contributed by atoms with E-state index in [0.717, 1.165) is 12.0 Å². The van der Waals surface area contributed by atoms with Crippen LogP contribution < -0.4 is 15.1 Å². The van der Waals surface area contributed by atoms with Gasteiger partial charge in [0.05, 0.1) is 10.6 Å². The van der Waals surface area contributed by atoms with Crippen LogP contribution in [0.15, 0.2) is 58.4 Å². The summed E-state index contributed by atoms with van der Waals surface area (Å²) in [5.74, 6) is -0.488. The van der Waals surface area contributed by atoms with Gasteiger partial charge in [0.2, 0.25) is 5.43 Å². The SMILES string of the molecule is CCC(C)NC(=O)c1c[nH]c2ccc(S(=O)(=O)N(C)c3ccccc3C)cc2c1=O. The number of para-hydroxylation sites is 1. The molecule has 1 atom stereocenters. The molecule has 2 aromatic carbocycles. The van der Waals surface area contributed by atoms with Gasteiger partial charge in [0, 0.05) is 30.2 Å². The molecule has 2 N–H and O–H groups in total. The van der Waals surface area contributed by atoms with Gasteiger partial charge < -0.3 is 10.3 Å². The van der Waals surface area contributed by atoms with Crippen molar-refractivity contribution in [1.29, 1.82) is 0 Å². The predicted molar refractivity (Wildman–Crippen MR) is 119 cm³/mol. The van der Waals surface area contributed by atoms with Crippen LogP contribution in [0.3, 0.4) is 0 Å². The Morgan fingerprint density at radius 1 is 1.20 bits per heavy atom. The molecule has 1 aromatic heterocycles. The number of pyridine rings is 1. The highest BCUT2D eigenvalue weighted by Gasteiger charge is 2.24. The van der Waals surface area contributed by atoms with Crippen LogP contribution >= 0.6 is 0 Å². The lowest BCUT2D eigenvalue weighted by Gasteiger charge is -2.21. The van der Waals surface area contributed by atoms with E-state index in [1.54, 1.807) is 12.1 Å². The summed E-state index contributed by atoms with van der Waals surface area (Å²) in [4.78, 5) is 28.2. The van der Waals surface area contributed by atoms with E-state index in [0.29, 0.717) is 11.2 Å². The third-order valence-electron chi connectivity index (χ3n) is 5.20.